The fourth-order valence-corrected chi connectivity index (χ4v) is 2.21. The highest BCUT2D eigenvalue weighted by atomic mass is 16.6. The first-order chi connectivity index (χ1) is 13.0. The van der Waals surface area contributed by atoms with E-state index >= 15 is 0 Å². The lowest BCUT2D eigenvalue weighted by Crippen LogP contribution is -2.51. The first-order valence-corrected chi connectivity index (χ1v) is 7.96. The smallest absolute Gasteiger partial charge is 0.338 e. The number of hydrogen-bond acceptors (Lipinski definition) is 7. The van der Waals surface area contributed by atoms with E-state index in [1.807, 2.05) is 0 Å². The maximum atomic E-state index is 12.0. The second-order valence-corrected chi connectivity index (χ2v) is 5.52. The summed E-state index contributed by atoms with van der Waals surface area (Å²) in [6, 6.07) is 12.3. The van der Waals surface area contributed by atoms with Crippen molar-refractivity contribution < 1.29 is 33.7 Å². The third-order valence-electron chi connectivity index (χ3n) is 3.56. The molecule has 0 bridgehead atoms. The quantitative estimate of drug-likeness (QED) is 0.529. The molecule has 0 spiro atoms. The van der Waals surface area contributed by atoms with Crippen LogP contribution < -0.4 is 20.3 Å². The Morgan fingerprint density at radius 1 is 1.04 bits per heavy atom. The molecule has 1 heterocycles. The molecule has 2 amide bonds. The molecule has 0 saturated heterocycles. The van der Waals surface area contributed by atoms with Crippen molar-refractivity contribution in [3.8, 4) is 17.2 Å². The summed E-state index contributed by atoms with van der Waals surface area (Å²) in [5, 5.41) is 9.16. The molecule has 0 fully saturated rings. The predicted molar refractivity (Wildman–Crippen MR) is 91.0 cm³/mol. The van der Waals surface area contributed by atoms with E-state index in [0.29, 0.717) is 11.5 Å². The van der Waals surface area contributed by atoms with Crippen LogP contribution >= 0.6 is 0 Å². The van der Waals surface area contributed by atoms with E-state index in [0.717, 1.165) is 0 Å². The average Bonchev–Trinajstić information content (AvgIpc) is 2.70. The van der Waals surface area contributed by atoms with Crippen molar-refractivity contribution in [2.75, 3.05) is 13.2 Å². The summed E-state index contributed by atoms with van der Waals surface area (Å²) in [5.41, 5.74) is 4.49. The highest BCUT2D eigenvalue weighted by molar-refractivity contribution is 5.92. The summed E-state index contributed by atoms with van der Waals surface area (Å²) in [6.45, 7) is -0.598. The van der Waals surface area contributed by atoms with E-state index in [4.69, 9.17) is 19.3 Å². The molecule has 2 aromatic rings. The van der Waals surface area contributed by atoms with Crippen LogP contribution in [0.4, 0.5) is 0 Å². The van der Waals surface area contributed by atoms with Gasteiger partial charge in [0.2, 0.25) is 6.10 Å². The van der Waals surface area contributed by atoms with Crippen LogP contribution in [-0.2, 0) is 14.3 Å². The Morgan fingerprint density at radius 3 is 2.48 bits per heavy atom. The number of amides is 2. The van der Waals surface area contributed by atoms with Gasteiger partial charge < -0.3 is 19.3 Å². The molecule has 2 aromatic carbocycles. The summed E-state index contributed by atoms with van der Waals surface area (Å²) in [4.78, 5) is 35.5. The topological polar surface area (TPSA) is 123 Å². The van der Waals surface area contributed by atoms with Crippen molar-refractivity contribution >= 4 is 17.8 Å². The van der Waals surface area contributed by atoms with Gasteiger partial charge in [-0.3, -0.25) is 20.4 Å². The molecule has 0 aromatic heterocycles. The van der Waals surface area contributed by atoms with Crippen molar-refractivity contribution in [3.05, 3.63) is 54.1 Å². The summed E-state index contributed by atoms with van der Waals surface area (Å²) in [6.07, 6.45) is -0.931. The van der Waals surface area contributed by atoms with E-state index < -0.39 is 30.5 Å². The van der Waals surface area contributed by atoms with E-state index in [-0.39, 0.29) is 17.9 Å². The third kappa shape index (κ3) is 4.66. The van der Waals surface area contributed by atoms with Crippen LogP contribution in [0.5, 0.6) is 17.2 Å². The number of para-hydroxylation sites is 2. The minimum Gasteiger partial charge on any atom is -0.508 e. The zero-order valence-corrected chi connectivity index (χ0v) is 14.0. The van der Waals surface area contributed by atoms with E-state index in [1.54, 1.807) is 24.3 Å². The second kappa shape index (κ2) is 8.09. The van der Waals surface area contributed by atoms with Gasteiger partial charge in [0.05, 0.1) is 5.56 Å². The first-order valence-electron chi connectivity index (χ1n) is 7.96. The van der Waals surface area contributed by atoms with Gasteiger partial charge in [-0.2, -0.15) is 0 Å². The standard InChI is InChI=1S/C18H16N2O7/c21-12-7-5-11(6-8-12)18(24)26-10-16(22)19-20-17(23)15-9-25-13-3-1-2-4-14(13)27-15/h1-8,15,21H,9-10H2,(H,19,22)(H,20,23)/t15-/m1/s1. The molecule has 0 unspecified atom stereocenters. The Balaban J connectivity index is 1.42. The lowest BCUT2D eigenvalue weighted by atomic mass is 10.2. The Hall–Kier alpha value is -3.75. The average molecular weight is 372 g/mol. The van der Waals surface area contributed by atoms with Gasteiger partial charge in [0.25, 0.3) is 11.8 Å². The third-order valence-corrected chi connectivity index (χ3v) is 3.56. The number of fused-ring (bicyclic) bond motifs is 1. The van der Waals surface area contributed by atoms with Crippen LogP contribution in [0.2, 0.25) is 0 Å². The number of aromatic hydroxyl groups is 1. The molecular formula is C18H16N2O7. The van der Waals surface area contributed by atoms with Crippen LogP contribution in [0.15, 0.2) is 48.5 Å². The van der Waals surface area contributed by atoms with Gasteiger partial charge in [0.15, 0.2) is 18.1 Å². The normalized spacial score (nSPS) is 14.7. The van der Waals surface area contributed by atoms with Crippen LogP contribution in [0.3, 0.4) is 0 Å². The molecule has 0 radical (unpaired) electrons. The van der Waals surface area contributed by atoms with Gasteiger partial charge in [0.1, 0.15) is 12.4 Å². The maximum absolute atomic E-state index is 12.0. The Bertz CT molecular complexity index is 851. The number of benzene rings is 2. The number of hydrogen-bond donors (Lipinski definition) is 3. The van der Waals surface area contributed by atoms with E-state index in [2.05, 4.69) is 10.9 Å². The number of hydrazine groups is 1. The number of ether oxygens (including phenoxy) is 3. The first kappa shape index (κ1) is 18.1. The highest BCUT2D eigenvalue weighted by Gasteiger charge is 2.27. The number of phenols is 1. The Morgan fingerprint density at radius 2 is 1.74 bits per heavy atom. The van der Waals surface area contributed by atoms with Crippen LogP contribution in [0, 0.1) is 0 Å². The fourth-order valence-electron chi connectivity index (χ4n) is 2.21. The number of carbonyl (C=O) groups excluding carboxylic acids is 3. The van der Waals surface area contributed by atoms with Gasteiger partial charge in [-0.25, -0.2) is 4.79 Å². The predicted octanol–water partition coefficient (Wildman–Crippen LogP) is 0.536. The van der Waals surface area contributed by atoms with E-state index in [1.165, 1.54) is 24.3 Å². The molecule has 1 aliphatic heterocycles. The Kier molecular flexibility index (Phi) is 5.41. The second-order valence-electron chi connectivity index (χ2n) is 5.52. The Labute approximate surface area is 153 Å². The van der Waals surface area contributed by atoms with Gasteiger partial charge in [-0.1, -0.05) is 12.1 Å². The molecule has 0 aliphatic carbocycles. The van der Waals surface area contributed by atoms with Crippen molar-refractivity contribution in [1.82, 2.24) is 10.9 Å². The van der Waals surface area contributed by atoms with Gasteiger partial charge in [-0.05, 0) is 36.4 Å². The summed E-state index contributed by atoms with van der Waals surface area (Å²) < 4.78 is 15.7. The molecule has 3 rings (SSSR count). The van der Waals surface area contributed by atoms with Gasteiger partial charge in [0, 0.05) is 0 Å². The van der Waals surface area contributed by atoms with Crippen molar-refractivity contribution in [2.45, 2.75) is 6.10 Å². The van der Waals surface area contributed by atoms with Gasteiger partial charge in [-0.15, -0.1) is 0 Å². The number of esters is 1. The largest absolute Gasteiger partial charge is 0.508 e. The number of phenolic OH excluding ortho intramolecular Hbond substituents is 1. The molecule has 9 nitrogen and oxygen atoms in total. The van der Waals surface area contributed by atoms with Crippen molar-refractivity contribution in [1.29, 1.82) is 0 Å². The number of rotatable bonds is 4. The number of nitrogens with one attached hydrogen (secondary N) is 2. The zero-order valence-electron chi connectivity index (χ0n) is 14.0. The van der Waals surface area contributed by atoms with Crippen molar-refractivity contribution in [2.24, 2.45) is 0 Å². The molecule has 140 valence electrons. The molecule has 1 aliphatic rings. The molecule has 1 atom stereocenters. The minimum absolute atomic E-state index is 0.00328. The zero-order chi connectivity index (χ0) is 19.2. The summed E-state index contributed by atoms with van der Waals surface area (Å²) in [7, 11) is 0. The van der Waals surface area contributed by atoms with Crippen LogP contribution in [-0.4, -0.2) is 42.2 Å². The summed E-state index contributed by atoms with van der Waals surface area (Å²) in [5.74, 6) is -1.11. The molecule has 3 N–H and O–H groups in total. The van der Waals surface area contributed by atoms with Crippen LogP contribution in [0.1, 0.15) is 10.4 Å². The minimum atomic E-state index is -0.931. The lowest BCUT2D eigenvalue weighted by Gasteiger charge is -2.25. The van der Waals surface area contributed by atoms with Gasteiger partial charge >= 0.3 is 5.97 Å². The van der Waals surface area contributed by atoms with Crippen molar-refractivity contribution in [3.63, 3.8) is 0 Å². The molecular weight excluding hydrogens is 356 g/mol. The SMILES string of the molecule is O=C(COC(=O)c1ccc(O)cc1)NNC(=O)[C@H]1COc2ccccc2O1. The highest BCUT2D eigenvalue weighted by Crippen LogP contribution is 2.30. The van der Waals surface area contributed by atoms with E-state index in [9.17, 15) is 14.4 Å². The van der Waals surface area contributed by atoms with Crippen LogP contribution in [0.25, 0.3) is 0 Å². The molecule has 0 saturated carbocycles. The molecule has 9 heteroatoms. The maximum Gasteiger partial charge on any atom is 0.338 e. The number of carbonyl (C=O) groups is 3. The lowest BCUT2D eigenvalue weighted by molar-refractivity contribution is -0.135. The molecule has 27 heavy (non-hydrogen) atoms. The monoisotopic (exact) mass is 372 g/mol. The fraction of sp³-hybridized carbons (Fsp3) is 0.167. The summed E-state index contributed by atoms with van der Waals surface area (Å²) >= 11 is 0.